The highest BCUT2D eigenvalue weighted by atomic mass is 16.9. The van der Waals surface area contributed by atoms with Gasteiger partial charge in [0.15, 0.2) is 25.0 Å². The van der Waals surface area contributed by atoms with Gasteiger partial charge >= 0.3 is 17.9 Å². The van der Waals surface area contributed by atoms with E-state index in [9.17, 15) is 76.0 Å². The molecule has 5 saturated heterocycles. The van der Waals surface area contributed by atoms with Gasteiger partial charge in [-0.3, -0.25) is 9.59 Å². The molecule has 13 N–H and O–H groups in total. The van der Waals surface area contributed by atoms with Gasteiger partial charge in [0.2, 0.25) is 0 Å². The number of unbranched alkanes of at least 4 members (excludes halogenated alkanes) is 12. The zero-order valence-corrected chi connectivity index (χ0v) is 56.0. The van der Waals surface area contributed by atoms with Crippen LogP contribution in [0, 0.1) is 0 Å². The number of cyclic esters (lactones) is 2. The molecule has 25 heteroatoms. The molecule has 0 aliphatic carbocycles. The lowest BCUT2D eigenvalue weighted by Crippen LogP contribution is -2.70. The Balaban J connectivity index is 1.25. The van der Waals surface area contributed by atoms with Crippen molar-refractivity contribution < 1.29 is 123 Å². The number of fused-ring (bicyclic) bond motifs is 6. The Morgan fingerprint density at radius 2 is 0.753 bits per heavy atom. The van der Waals surface area contributed by atoms with Crippen LogP contribution in [0.1, 0.15) is 258 Å². The van der Waals surface area contributed by atoms with Gasteiger partial charge < -0.3 is 114 Å². The quantitative estimate of drug-likeness (QED) is 0.0611. The number of hydrogen-bond acceptors (Lipinski definition) is 25. The van der Waals surface area contributed by atoms with Crippen LogP contribution in [0.5, 0.6) is 0 Å². The van der Waals surface area contributed by atoms with Crippen molar-refractivity contribution in [3.63, 3.8) is 0 Å². The van der Waals surface area contributed by atoms with Crippen LogP contribution in [0.2, 0.25) is 0 Å². The zero-order valence-electron chi connectivity index (χ0n) is 56.0. The first-order valence-corrected chi connectivity index (χ1v) is 36.2. The average molecular weight is 1340 g/mol. The maximum atomic E-state index is 13.0. The van der Waals surface area contributed by atoms with Crippen LogP contribution in [-0.2, 0) is 57.0 Å². The number of hydrogen-bond donors (Lipinski definition) is 13. The van der Waals surface area contributed by atoms with E-state index in [2.05, 4.69) is 13.8 Å². The van der Waals surface area contributed by atoms with Crippen molar-refractivity contribution in [3.05, 3.63) is 0 Å². The normalized spacial score (nSPS) is 38.7. The number of carbonyl (C=O) groups is 2. The van der Waals surface area contributed by atoms with Crippen molar-refractivity contribution >= 4 is 11.9 Å². The maximum Gasteiger partial charge on any atom is 0.311 e. The zero-order chi connectivity index (χ0) is 67.5. The molecule has 0 amide bonds. The lowest BCUT2D eigenvalue weighted by molar-refractivity contribution is -0.479. The van der Waals surface area contributed by atoms with Crippen molar-refractivity contribution in [1.29, 1.82) is 0 Å². The summed E-state index contributed by atoms with van der Waals surface area (Å²) in [6.07, 6.45) is -0.162. The minimum atomic E-state index is -3.14. The molecule has 5 rings (SSSR count). The molecule has 5 aliphatic rings. The molecule has 5 heterocycles. The molecule has 25 nitrogen and oxygen atoms in total. The van der Waals surface area contributed by atoms with Gasteiger partial charge in [-0.2, -0.15) is 0 Å². The molecule has 546 valence electrons. The Bertz CT molecular complexity index is 1950. The van der Waals surface area contributed by atoms with Gasteiger partial charge in [0.05, 0.1) is 25.4 Å². The Hall–Kier alpha value is -1.90. The molecule has 0 aromatic heterocycles. The Labute approximate surface area is 552 Å². The average Bonchev–Trinajstić information content (AvgIpc) is 0.774. The second kappa shape index (κ2) is 45.7. The largest absolute Gasteiger partial charge is 0.463 e. The first-order valence-electron chi connectivity index (χ1n) is 36.2. The second-order valence-electron chi connectivity index (χ2n) is 27.0. The molecule has 2 unspecified atom stereocenters. The van der Waals surface area contributed by atoms with E-state index >= 15 is 0 Å². The third-order valence-electron chi connectivity index (χ3n) is 19.2. The van der Waals surface area contributed by atoms with Gasteiger partial charge in [-0.1, -0.05) is 206 Å². The van der Waals surface area contributed by atoms with E-state index in [-0.39, 0.29) is 18.9 Å². The van der Waals surface area contributed by atoms with Crippen LogP contribution in [0.3, 0.4) is 0 Å². The molecule has 0 saturated carbocycles. The fourth-order valence-corrected chi connectivity index (χ4v) is 13.2. The Kier molecular flexibility index (Phi) is 40.2. The number of aliphatic hydroxyl groups is 13. The predicted molar refractivity (Wildman–Crippen MR) is 338 cm³/mol. The van der Waals surface area contributed by atoms with Crippen molar-refractivity contribution in [3.8, 4) is 0 Å². The van der Waals surface area contributed by atoms with E-state index in [0.29, 0.717) is 38.5 Å². The van der Waals surface area contributed by atoms with Crippen molar-refractivity contribution in [2.24, 2.45) is 0 Å². The summed E-state index contributed by atoms with van der Waals surface area (Å²) < 4.78 is 59.8. The molecule has 5 fully saturated rings. The van der Waals surface area contributed by atoms with Gasteiger partial charge in [0.1, 0.15) is 105 Å². The number of ether oxygens (including phenoxy) is 10. The molecule has 0 radical (unpaired) electrons. The summed E-state index contributed by atoms with van der Waals surface area (Å²) in [5, 5.41) is 143. The number of carbonyl (C=O) groups excluding carboxylic acids is 2. The summed E-state index contributed by atoms with van der Waals surface area (Å²) in [5.41, 5.74) is 0. The molecular weight excluding hydrogens is 1220 g/mol. The molecule has 4 bridgehead atoms. The van der Waals surface area contributed by atoms with Gasteiger partial charge in [0, 0.05) is 12.8 Å². The highest BCUT2D eigenvalue weighted by molar-refractivity contribution is 5.69. The van der Waals surface area contributed by atoms with Gasteiger partial charge in [0.25, 0.3) is 0 Å². The molecular formula is C68H124O25. The van der Waals surface area contributed by atoms with E-state index < -0.39 is 167 Å². The summed E-state index contributed by atoms with van der Waals surface area (Å²) in [6.45, 7) is 1.87. The van der Waals surface area contributed by atoms with Crippen molar-refractivity contribution in [2.75, 3.05) is 26.4 Å². The number of rotatable bonds is 18. The summed E-state index contributed by atoms with van der Waals surface area (Å²) in [5.74, 6) is -4.31. The second-order valence-corrected chi connectivity index (χ2v) is 27.0. The first kappa shape index (κ1) is 81.8. The highest BCUT2D eigenvalue weighted by Crippen LogP contribution is 2.37. The fourth-order valence-electron chi connectivity index (χ4n) is 13.2. The SMILES string of the molecule is CCCCCCCCCC1CCCCCCCCCCCC(=O)OC[C@H]2O[C@](O)(O[C@H]3[C@H](OC(CCCCCCCCC)CCCCCCCCCCCC(=O)OC[C@H]4O[C@@H](O[C@H]5[C@H](O1)O[C@H](CO)[C@@H](O)[C@@H]5O)[C@H](O)[C@@H](O)[C@@H]4O)O[C@H](CO)[C@@H](O)[C@@H]3O)[C@H](O)[C@@H](O)[C@@H]2O. The molecule has 0 aromatic rings. The van der Waals surface area contributed by atoms with Crippen LogP contribution in [0.4, 0.5) is 0 Å². The monoisotopic (exact) mass is 1340 g/mol. The lowest BCUT2D eigenvalue weighted by atomic mass is 9.96. The predicted octanol–water partition coefficient (Wildman–Crippen LogP) is 5.30. The van der Waals surface area contributed by atoms with Crippen molar-refractivity contribution in [1.82, 2.24) is 0 Å². The van der Waals surface area contributed by atoms with E-state index in [1.165, 1.54) is 6.42 Å². The van der Waals surface area contributed by atoms with E-state index in [0.717, 1.165) is 186 Å². The third kappa shape index (κ3) is 28.0. The van der Waals surface area contributed by atoms with Gasteiger partial charge in [-0.15, -0.1) is 0 Å². The minimum absolute atomic E-state index is 0.0347. The topological polar surface area (TPSA) is 389 Å². The molecule has 22 atom stereocenters. The van der Waals surface area contributed by atoms with Crippen molar-refractivity contribution in [2.45, 2.75) is 393 Å². The fraction of sp³-hybridized carbons (Fsp3) is 0.971. The van der Waals surface area contributed by atoms with Crippen LogP contribution >= 0.6 is 0 Å². The summed E-state index contributed by atoms with van der Waals surface area (Å²) >= 11 is 0. The van der Waals surface area contributed by atoms with Gasteiger partial charge in [-0.25, -0.2) is 0 Å². The maximum absolute atomic E-state index is 13.0. The molecule has 0 spiro atoms. The minimum Gasteiger partial charge on any atom is -0.463 e. The first-order chi connectivity index (χ1) is 44.9. The highest BCUT2D eigenvalue weighted by Gasteiger charge is 2.59. The summed E-state index contributed by atoms with van der Waals surface area (Å²) in [6, 6.07) is 0. The number of esters is 2. The van der Waals surface area contributed by atoms with Gasteiger partial charge in [-0.05, 0) is 38.5 Å². The Morgan fingerprint density at radius 3 is 1.20 bits per heavy atom. The smallest absolute Gasteiger partial charge is 0.311 e. The lowest BCUT2D eigenvalue weighted by Gasteiger charge is -2.49. The van der Waals surface area contributed by atoms with Crippen LogP contribution in [0.15, 0.2) is 0 Å². The van der Waals surface area contributed by atoms with Crippen LogP contribution in [-0.4, -0.2) is 239 Å². The molecule has 0 aromatic carbocycles. The van der Waals surface area contributed by atoms with Crippen LogP contribution in [0.25, 0.3) is 0 Å². The van der Waals surface area contributed by atoms with E-state index in [1.807, 2.05) is 0 Å². The van der Waals surface area contributed by atoms with E-state index in [1.54, 1.807) is 0 Å². The summed E-state index contributed by atoms with van der Waals surface area (Å²) in [7, 11) is 0. The molecule has 5 aliphatic heterocycles. The Morgan fingerprint density at radius 1 is 0.366 bits per heavy atom. The third-order valence-corrected chi connectivity index (χ3v) is 19.2. The van der Waals surface area contributed by atoms with Crippen LogP contribution < -0.4 is 0 Å². The molecule has 93 heavy (non-hydrogen) atoms. The standard InChI is InChI=1S/C68H124O25/c1-3-5-7-9-17-23-29-35-45-36-31-25-19-13-11-16-22-28-34-40-52(72)85-44-50-56(76)60(80)64(82)68(83,92-50)93-63-59(79)54(74)48(42-70)89-67(63)87-46(37-30-24-18-10-8-6-4-2)38-32-26-20-14-12-15-21-27-33-39-51(71)84-43-49-55(75)57(77)61(81)65(90-49)91-62-58(78)53(73)47(41-69)88-66(62)86-45/h45-50,53-67,69-70,73-83H,3-44H2,1-2H3/t45?,46?,47-,48-,49-,50-,53-,54-,55-,56-,57+,58+,59+,60+,61-,62-,63-,64-,65+,66-,67-,68+/m1/s1. The summed E-state index contributed by atoms with van der Waals surface area (Å²) in [4.78, 5) is 26.0. The number of aliphatic hydroxyl groups excluding tert-OH is 12. The van der Waals surface area contributed by atoms with E-state index in [4.69, 9.17) is 47.4 Å².